The van der Waals surface area contributed by atoms with Gasteiger partial charge in [0.25, 0.3) is 0 Å². The number of carbonyl (C=O) groups is 3. The van der Waals surface area contributed by atoms with Crippen molar-refractivity contribution >= 4 is 41.5 Å². The number of benzene rings is 1. The van der Waals surface area contributed by atoms with E-state index in [0.29, 0.717) is 6.54 Å². The van der Waals surface area contributed by atoms with Crippen LogP contribution in [0.3, 0.4) is 0 Å². The minimum Gasteiger partial charge on any atom is -0.346 e. The smallest absolute Gasteiger partial charge is 0.246 e. The van der Waals surface area contributed by atoms with E-state index >= 15 is 0 Å². The predicted octanol–water partition coefficient (Wildman–Crippen LogP) is 1.45. The maximum atomic E-state index is 12.6. The van der Waals surface area contributed by atoms with Gasteiger partial charge in [0, 0.05) is 24.8 Å². The maximum absolute atomic E-state index is 12.6. The molecule has 1 aromatic carbocycles. The van der Waals surface area contributed by atoms with Gasteiger partial charge in [0.15, 0.2) is 0 Å². The monoisotopic (exact) mass is 382 g/mol. The molecule has 26 heavy (non-hydrogen) atoms. The zero-order valence-corrected chi connectivity index (χ0v) is 16.2. The van der Waals surface area contributed by atoms with Gasteiger partial charge >= 0.3 is 0 Å². The second kappa shape index (κ2) is 9.54. The first-order valence-electron chi connectivity index (χ1n) is 8.54. The number of hydrogen-bond acceptors (Lipinski definition) is 4. The number of hydrogen-bond donors (Lipinski definition) is 3. The van der Waals surface area contributed by atoms with Crippen LogP contribution in [0.4, 0.5) is 11.4 Å². The molecule has 8 heteroatoms. The van der Waals surface area contributed by atoms with Crippen LogP contribution in [0.15, 0.2) is 18.2 Å². The number of nitrogens with two attached hydrogens (primary N) is 1. The summed E-state index contributed by atoms with van der Waals surface area (Å²) < 4.78 is 0. The van der Waals surface area contributed by atoms with Crippen LogP contribution in [0, 0.1) is 5.92 Å². The fourth-order valence-electron chi connectivity index (χ4n) is 2.87. The number of nitrogens with zero attached hydrogens (tertiary/aromatic N) is 1. The van der Waals surface area contributed by atoms with Gasteiger partial charge in [-0.2, -0.15) is 0 Å². The third-order valence-corrected chi connectivity index (χ3v) is 4.30. The minimum atomic E-state index is -0.632. The lowest BCUT2D eigenvalue weighted by Crippen LogP contribution is -2.48. The van der Waals surface area contributed by atoms with Gasteiger partial charge < -0.3 is 21.3 Å². The molecule has 0 bridgehead atoms. The quantitative estimate of drug-likeness (QED) is 0.716. The highest BCUT2D eigenvalue weighted by Crippen LogP contribution is 2.32. The summed E-state index contributed by atoms with van der Waals surface area (Å²) in [6.45, 7) is 5.66. The molecular weight excluding hydrogens is 356 g/mol. The summed E-state index contributed by atoms with van der Waals surface area (Å²) in [5.74, 6) is -0.657. The van der Waals surface area contributed by atoms with E-state index in [2.05, 4.69) is 10.6 Å². The molecule has 0 saturated heterocycles. The Kier molecular flexibility index (Phi) is 8.05. The highest BCUT2D eigenvalue weighted by molar-refractivity contribution is 6.00. The van der Waals surface area contributed by atoms with E-state index in [0.717, 1.165) is 29.8 Å². The van der Waals surface area contributed by atoms with Crippen LogP contribution in [0.5, 0.6) is 0 Å². The number of anilines is 2. The van der Waals surface area contributed by atoms with E-state index in [1.54, 1.807) is 4.90 Å². The molecule has 1 aromatic rings. The third kappa shape index (κ3) is 5.19. The summed E-state index contributed by atoms with van der Waals surface area (Å²) in [4.78, 5) is 37.5. The molecule has 0 unspecified atom stereocenters. The van der Waals surface area contributed by atoms with E-state index in [-0.39, 0.29) is 42.6 Å². The lowest BCUT2D eigenvalue weighted by molar-refractivity contribution is -0.126. The Morgan fingerprint density at radius 3 is 2.58 bits per heavy atom. The number of rotatable bonds is 5. The van der Waals surface area contributed by atoms with Crippen molar-refractivity contribution in [3.8, 4) is 0 Å². The number of nitrogens with one attached hydrogen (secondary N) is 2. The lowest BCUT2D eigenvalue weighted by Gasteiger charge is -2.31. The Morgan fingerprint density at radius 2 is 1.96 bits per heavy atom. The van der Waals surface area contributed by atoms with Crippen LogP contribution in [0.1, 0.15) is 32.8 Å². The van der Waals surface area contributed by atoms with E-state index < -0.39 is 6.04 Å². The summed E-state index contributed by atoms with van der Waals surface area (Å²) >= 11 is 0. The molecule has 2 rings (SSSR count). The van der Waals surface area contributed by atoms with Crippen molar-refractivity contribution < 1.29 is 14.4 Å². The predicted molar refractivity (Wildman–Crippen MR) is 104 cm³/mol. The molecule has 0 radical (unpaired) electrons. The molecule has 4 N–H and O–H groups in total. The van der Waals surface area contributed by atoms with Gasteiger partial charge in [-0.3, -0.25) is 14.4 Å². The molecule has 1 aliphatic rings. The van der Waals surface area contributed by atoms with Crippen LogP contribution in [0.25, 0.3) is 0 Å². The molecule has 0 spiro atoms. The number of halogens is 1. The topological polar surface area (TPSA) is 105 Å². The fourth-order valence-corrected chi connectivity index (χ4v) is 2.87. The van der Waals surface area contributed by atoms with E-state index in [1.165, 1.54) is 6.92 Å². The van der Waals surface area contributed by atoms with Gasteiger partial charge in [-0.1, -0.05) is 19.9 Å². The molecule has 1 heterocycles. The van der Waals surface area contributed by atoms with Gasteiger partial charge in [-0.05, 0) is 36.5 Å². The Balaban J connectivity index is 0.00000338. The molecule has 7 nitrogen and oxygen atoms in total. The molecule has 1 atom stereocenters. The average Bonchev–Trinajstić information content (AvgIpc) is 2.57. The summed E-state index contributed by atoms with van der Waals surface area (Å²) in [5, 5.41) is 5.42. The SMILES string of the molecule is CC(=O)Nc1cccc2c1CCCN2C(=O)CNC(=O)[C@@H](N)C(C)C.Cl. The van der Waals surface area contributed by atoms with Crippen molar-refractivity contribution in [2.75, 3.05) is 23.3 Å². The van der Waals surface area contributed by atoms with Crippen molar-refractivity contribution in [1.29, 1.82) is 0 Å². The first-order valence-corrected chi connectivity index (χ1v) is 8.54. The first kappa shape index (κ1) is 21.9. The van der Waals surface area contributed by atoms with Gasteiger partial charge in [0.05, 0.1) is 12.6 Å². The number of carbonyl (C=O) groups excluding carboxylic acids is 3. The summed E-state index contributed by atoms with van der Waals surface area (Å²) in [7, 11) is 0. The Labute approximate surface area is 160 Å². The molecule has 144 valence electrons. The molecule has 0 aromatic heterocycles. The van der Waals surface area contributed by atoms with Crippen LogP contribution >= 0.6 is 12.4 Å². The van der Waals surface area contributed by atoms with Gasteiger partial charge in [-0.15, -0.1) is 12.4 Å². The van der Waals surface area contributed by atoms with Crippen LogP contribution in [-0.2, 0) is 20.8 Å². The average molecular weight is 383 g/mol. The molecular formula is C18H27ClN4O3. The summed E-state index contributed by atoms with van der Waals surface area (Å²) in [6.07, 6.45) is 1.59. The Bertz CT molecular complexity index is 678. The second-order valence-corrected chi connectivity index (χ2v) is 6.62. The highest BCUT2D eigenvalue weighted by Gasteiger charge is 2.25. The molecule has 0 aliphatic carbocycles. The summed E-state index contributed by atoms with van der Waals surface area (Å²) in [5.41, 5.74) is 8.25. The van der Waals surface area contributed by atoms with Crippen LogP contribution in [0.2, 0.25) is 0 Å². The minimum absolute atomic E-state index is 0. The van der Waals surface area contributed by atoms with Gasteiger partial charge in [-0.25, -0.2) is 0 Å². The number of amides is 3. The van der Waals surface area contributed by atoms with Gasteiger partial charge in [0.2, 0.25) is 17.7 Å². The van der Waals surface area contributed by atoms with Crippen molar-refractivity contribution in [3.05, 3.63) is 23.8 Å². The standard InChI is InChI=1S/C18H26N4O3.ClH/c1-11(2)17(19)18(25)20-10-16(24)22-9-5-6-13-14(21-12(3)23)7-4-8-15(13)22;/h4,7-8,11,17H,5-6,9-10,19H2,1-3H3,(H,20,25)(H,21,23);1H/t17-;/m0./s1. The highest BCUT2D eigenvalue weighted by atomic mass is 35.5. The van der Waals surface area contributed by atoms with E-state index in [9.17, 15) is 14.4 Å². The van der Waals surface area contributed by atoms with Crippen molar-refractivity contribution in [2.45, 2.75) is 39.7 Å². The maximum Gasteiger partial charge on any atom is 0.246 e. The third-order valence-electron chi connectivity index (χ3n) is 4.30. The zero-order chi connectivity index (χ0) is 18.6. The van der Waals surface area contributed by atoms with E-state index in [4.69, 9.17) is 5.73 Å². The molecule has 0 fully saturated rings. The van der Waals surface area contributed by atoms with Crippen molar-refractivity contribution in [2.24, 2.45) is 11.7 Å². The number of fused-ring (bicyclic) bond motifs is 1. The normalized spacial score (nSPS) is 14.1. The van der Waals surface area contributed by atoms with Crippen LogP contribution < -0.4 is 21.3 Å². The first-order chi connectivity index (χ1) is 11.8. The van der Waals surface area contributed by atoms with Gasteiger partial charge in [0.1, 0.15) is 0 Å². The fraction of sp³-hybridized carbons (Fsp3) is 0.500. The Morgan fingerprint density at radius 1 is 1.27 bits per heavy atom. The lowest BCUT2D eigenvalue weighted by atomic mass is 9.99. The largest absolute Gasteiger partial charge is 0.346 e. The Hall–Kier alpha value is -2.12. The molecule has 1 aliphatic heterocycles. The van der Waals surface area contributed by atoms with E-state index in [1.807, 2.05) is 32.0 Å². The summed E-state index contributed by atoms with van der Waals surface area (Å²) in [6, 6.07) is 4.87. The van der Waals surface area contributed by atoms with Crippen LogP contribution in [-0.4, -0.2) is 36.9 Å². The van der Waals surface area contributed by atoms with Crippen molar-refractivity contribution in [1.82, 2.24) is 5.32 Å². The zero-order valence-electron chi connectivity index (χ0n) is 15.4. The molecule has 3 amide bonds. The molecule has 0 saturated carbocycles. The second-order valence-electron chi connectivity index (χ2n) is 6.62. The van der Waals surface area contributed by atoms with Crippen molar-refractivity contribution in [3.63, 3.8) is 0 Å².